The van der Waals surface area contributed by atoms with Crippen molar-refractivity contribution in [3.8, 4) is 0 Å². The van der Waals surface area contributed by atoms with Gasteiger partial charge in [-0.25, -0.2) is 0 Å². The Morgan fingerprint density at radius 1 is 1.15 bits per heavy atom. The van der Waals surface area contributed by atoms with Crippen molar-refractivity contribution in [3.63, 3.8) is 0 Å². The standard InChI is InChI=1S/C12H17Cl/c1-8(2)12(13)11-7-9(3)5-6-10(11)4/h5-8,12H,1-4H3. The molecule has 0 spiro atoms. The Morgan fingerprint density at radius 3 is 2.31 bits per heavy atom. The highest BCUT2D eigenvalue weighted by Gasteiger charge is 2.14. The van der Waals surface area contributed by atoms with Gasteiger partial charge in [0.05, 0.1) is 5.38 Å². The highest BCUT2D eigenvalue weighted by atomic mass is 35.5. The molecule has 0 aliphatic heterocycles. The molecule has 1 atom stereocenters. The van der Waals surface area contributed by atoms with Crippen LogP contribution in [0.2, 0.25) is 0 Å². The summed E-state index contributed by atoms with van der Waals surface area (Å²) in [5, 5.41) is 0.139. The summed E-state index contributed by atoms with van der Waals surface area (Å²) in [5.74, 6) is 0.488. The van der Waals surface area contributed by atoms with Crippen LogP contribution in [0.3, 0.4) is 0 Å². The molecule has 72 valence electrons. The van der Waals surface area contributed by atoms with Crippen molar-refractivity contribution in [1.82, 2.24) is 0 Å². The lowest BCUT2D eigenvalue weighted by Gasteiger charge is -2.16. The fraction of sp³-hybridized carbons (Fsp3) is 0.500. The fourth-order valence-electron chi connectivity index (χ4n) is 1.42. The molecule has 1 aromatic carbocycles. The number of hydrogen-bond acceptors (Lipinski definition) is 0. The van der Waals surface area contributed by atoms with Gasteiger partial charge in [-0.3, -0.25) is 0 Å². The van der Waals surface area contributed by atoms with E-state index < -0.39 is 0 Å². The van der Waals surface area contributed by atoms with E-state index in [1.807, 2.05) is 0 Å². The smallest absolute Gasteiger partial charge is 0.0610 e. The van der Waals surface area contributed by atoms with Crippen LogP contribution in [0.25, 0.3) is 0 Å². The first-order chi connectivity index (χ1) is 6.02. The van der Waals surface area contributed by atoms with Gasteiger partial charge in [-0.05, 0) is 30.9 Å². The van der Waals surface area contributed by atoms with Crippen LogP contribution in [-0.4, -0.2) is 0 Å². The number of benzene rings is 1. The molecule has 0 aliphatic carbocycles. The molecule has 0 aliphatic rings. The first-order valence-electron chi connectivity index (χ1n) is 4.73. The Kier molecular flexibility index (Phi) is 3.38. The van der Waals surface area contributed by atoms with Crippen LogP contribution >= 0.6 is 11.6 Å². The molecule has 0 aromatic heterocycles. The van der Waals surface area contributed by atoms with Gasteiger partial charge in [-0.1, -0.05) is 37.6 Å². The van der Waals surface area contributed by atoms with Gasteiger partial charge in [-0.2, -0.15) is 0 Å². The summed E-state index contributed by atoms with van der Waals surface area (Å²) in [7, 11) is 0. The molecular formula is C12H17Cl. The van der Waals surface area contributed by atoms with Gasteiger partial charge in [0.25, 0.3) is 0 Å². The topological polar surface area (TPSA) is 0 Å². The molecule has 0 bridgehead atoms. The zero-order valence-corrected chi connectivity index (χ0v) is 9.52. The molecule has 0 amide bonds. The number of hydrogen-bond donors (Lipinski definition) is 0. The summed E-state index contributed by atoms with van der Waals surface area (Å²) in [6.45, 7) is 8.53. The van der Waals surface area contributed by atoms with E-state index in [1.165, 1.54) is 16.7 Å². The second kappa shape index (κ2) is 4.15. The molecule has 0 fully saturated rings. The molecule has 0 saturated heterocycles. The minimum atomic E-state index is 0.139. The van der Waals surface area contributed by atoms with E-state index in [9.17, 15) is 0 Å². The van der Waals surface area contributed by atoms with Crippen LogP contribution in [0.1, 0.15) is 35.9 Å². The third kappa shape index (κ3) is 2.47. The Balaban J connectivity index is 3.05. The third-order valence-corrected chi connectivity index (χ3v) is 3.06. The second-order valence-corrected chi connectivity index (χ2v) is 4.48. The molecule has 0 N–H and O–H groups in total. The lowest BCUT2D eigenvalue weighted by Crippen LogP contribution is -2.01. The van der Waals surface area contributed by atoms with Gasteiger partial charge in [0, 0.05) is 0 Å². The molecule has 0 saturated carbocycles. The first-order valence-corrected chi connectivity index (χ1v) is 5.17. The fourth-order valence-corrected chi connectivity index (χ4v) is 1.65. The van der Waals surface area contributed by atoms with Crippen LogP contribution in [0.5, 0.6) is 0 Å². The van der Waals surface area contributed by atoms with Gasteiger partial charge in [0.1, 0.15) is 0 Å². The van der Waals surface area contributed by atoms with Crippen molar-refractivity contribution in [1.29, 1.82) is 0 Å². The van der Waals surface area contributed by atoms with Crippen molar-refractivity contribution in [2.24, 2.45) is 5.92 Å². The Hall–Kier alpha value is -0.490. The predicted octanol–water partition coefficient (Wildman–Crippen LogP) is 4.24. The quantitative estimate of drug-likeness (QED) is 0.621. The maximum Gasteiger partial charge on any atom is 0.0610 e. The largest absolute Gasteiger partial charge is 0.118 e. The number of alkyl halides is 1. The predicted molar refractivity (Wildman–Crippen MR) is 59.3 cm³/mol. The van der Waals surface area contributed by atoms with Crippen molar-refractivity contribution in [2.75, 3.05) is 0 Å². The second-order valence-electron chi connectivity index (χ2n) is 4.01. The van der Waals surface area contributed by atoms with E-state index in [-0.39, 0.29) is 5.38 Å². The monoisotopic (exact) mass is 196 g/mol. The van der Waals surface area contributed by atoms with Crippen molar-refractivity contribution < 1.29 is 0 Å². The van der Waals surface area contributed by atoms with Crippen molar-refractivity contribution >= 4 is 11.6 Å². The lowest BCUT2D eigenvalue weighted by molar-refractivity contribution is 0.621. The minimum Gasteiger partial charge on any atom is -0.118 e. The van der Waals surface area contributed by atoms with Crippen LogP contribution < -0.4 is 0 Å². The molecule has 0 radical (unpaired) electrons. The van der Waals surface area contributed by atoms with Crippen LogP contribution in [-0.2, 0) is 0 Å². The summed E-state index contributed by atoms with van der Waals surface area (Å²) in [4.78, 5) is 0. The average molecular weight is 197 g/mol. The Morgan fingerprint density at radius 2 is 1.77 bits per heavy atom. The van der Waals surface area contributed by atoms with E-state index in [1.54, 1.807) is 0 Å². The molecule has 1 aromatic rings. The highest BCUT2D eigenvalue weighted by molar-refractivity contribution is 6.21. The van der Waals surface area contributed by atoms with Crippen molar-refractivity contribution in [2.45, 2.75) is 33.1 Å². The van der Waals surface area contributed by atoms with Crippen LogP contribution in [0.15, 0.2) is 18.2 Å². The first kappa shape index (κ1) is 10.6. The molecule has 0 heterocycles. The summed E-state index contributed by atoms with van der Waals surface area (Å²) in [5.41, 5.74) is 3.85. The Bertz CT molecular complexity index is 289. The maximum atomic E-state index is 6.32. The zero-order chi connectivity index (χ0) is 10.0. The zero-order valence-electron chi connectivity index (χ0n) is 8.76. The van der Waals surface area contributed by atoms with E-state index >= 15 is 0 Å². The van der Waals surface area contributed by atoms with E-state index in [0.29, 0.717) is 5.92 Å². The van der Waals surface area contributed by atoms with Crippen LogP contribution in [0.4, 0.5) is 0 Å². The summed E-state index contributed by atoms with van der Waals surface area (Å²) >= 11 is 6.32. The summed E-state index contributed by atoms with van der Waals surface area (Å²) in [6.07, 6.45) is 0. The summed E-state index contributed by atoms with van der Waals surface area (Å²) < 4.78 is 0. The van der Waals surface area contributed by atoms with Gasteiger partial charge >= 0.3 is 0 Å². The number of rotatable bonds is 2. The summed E-state index contributed by atoms with van der Waals surface area (Å²) in [6, 6.07) is 6.46. The molecule has 1 heteroatoms. The number of aryl methyl sites for hydroxylation is 2. The molecule has 1 rings (SSSR count). The molecule has 13 heavy (non-hydrogen) atoms. The normalized spacial score (nSPS) is 13.4. The van der Waals surface area contributed by atoms with E-state index in [2.05, 4.69) is 45.9 Å². The maximum absolute atomic E-state index is 6.32. The van der Waals surface area contributed by atoms with E-state index in [4.69, 9.17) is 11.6 Å². The lowest BCUT2D eigenvalue weighted by atomic mass is 9.96. The SMILES string of the molecule is Cc1ccc(C)c(C(Cl)C(C)C)c1. The van der Waals surface area contributed by atoms with Gasteiger partial charge < -0.3 is 0 Å². The van der Waals surface area contributed by atoms with Gasteiger partial charge in [-0.15, -0.1) is 11.6 Å². The third-order valence-electron chi connectivity index (χ3n) is 2.32. The Labute approximate surface area is 85.9 Å². The number of halogens is 1. The van der Waals surface area contributed by atoms with E-state index in [0.717, 1.165) is 0 Å². The average Bonchev–Trinajstić information content (AvgIpc) is 2.08. The minimum absolute atomic E-state index is 0.139. The van der Waals surface area contributed by atoms with Crippen LogP contribution in [0, 0.1) is 19.8 Å². The van der Waals surface area contributed by atoms with Gasteiger partial charge in [0.2, 0.25) is 0 Å². The highest BCUT2D eigenvalue weighted by Crippen LogP contribution is 2.31. The molecule has 1 unspecified atom stereocenters. The van der Waals surface area contributed by atoms with Crippen molar-refractivity contribution in [3.05, 3.63) is 34.9 Å². The van der Waals surface area contributed by atoms with Gasteiger partial charge in [0.15, 0.2) is 0 Å². The molecular weight excluding hydrogens is 180 g/mol. The molecule has 0 nitrogen and oxygen atoms in total.